The predicted molar refractivity (Wildman–Crippen MR) is 66.1 cm³/mol. The lowest BCUT2D eigenvalue weighted by Gasteiger charge is -2.25. The lowest BCUT2D eigenvalue weighted by molar-refractivity contribution is 0.788. The van der Waals surface area contributed by atoms with Crippen molar-refractivity contribution >= 4 is 13.3 Å². The molecule has 0 spiro atoms. The van der Waals surface area contributed by atoms with Gasteiger partial charge in [0.15, 0.2) is 0 Å². The van der Waals surface area contributed by atoms with Crippen molar-refractivity contribution in [3.05, 3.63) is 35.2 Å². The average Bonchev–Trinajstić information content (AvgIpc) is 2.03. The largest absolute Gasteiger partial charge is 0.0912 e. The van der Waals surface area contributed by atoms with Crippen molar-refractivity contribution in [1.29, 1.82) is 0 Å². The highest BCUT2D eigenvalue weighted by atomic mass is 31.1. The van der Waals surface area contributed by atoms with Crippen molar-refractivity contribution in [2.75, 3.05) is 6.66 Å². The summed E-state index contributed by atoms with van der Waals surface area (Å²) in [5.74, 6) is 2.95. The Bertz CT molecular complexity index is 314. The zero-order valence-corrected chi connectivity index (χ0v) is 10.0. The second-order valence-corrected chi connectivity index (χ2v) is 5.99. The Balaban J connectivity index is 3.13. The molecule has 1 unspecified atom stereocenters. The molecule has 0 amide bonds. The van der Waals surface area contributed by atoms with Crippen molar-refractivity contribution in [2.24, 2.45) is 5.92 Å². The SMILES string of the molecule is C=C1C=[PH](C)/C1=C(/C=C\C)C(C)C. The zero-order valence-electron chi connectivity index (χ0n) is 9.02. The molecule has 1 aliphatic rings. The average molecular weight is 194 g/mol. The maximum atomic E-state index is 4.06. The first-order valence-corrected chi connectivity index (χ1v) is 6.90. The third-order valence-corrected chi connectivity index (χ3v) is 4.54. The highest BCUT2D eigenvalue weighted by Crippen LogP contribution is 2.47. The van der Waals surface area contributed by atoms with Gasteiger partial charge in [-0.3, -0.25) is 0 Å². The van der Waals surface area contributed by atoms with Gasteiger partial charge in [-0.25, -0.2) is 0 Å². The van der Waals surface area contributed by atoms with E-state index in [1.807, 2.05) is 0 Å². The van der Waals surface area contributed by atoms with Crippen LogP contribution in [-0.4, -0.2) is 12.5 Å². The molecule has 0 saturated heterocycles. The first-order chi connectivity index (χ1) is 6.07. The third-order valence-electron chi connectivity index (χ3n) is 2.36. The van der Waals surface area contributed by atoms with E-state index in [-0.39, 0.29) is 7.55 Å². The second kappa shape index (κ2) is 4.15. The molecule has 0 aromatic rings. The molecule has 0 fully saturated rings. The van der Waals surface area contributed by atoms with Gasteiger partial charge in [0.05, 0.1) is 0 Å². The molecule has 1 atom stereocenters. The Morgan fingerprint density at radius 3 is 2.46 bits per heavy atom. The maximum Gasteiger partial charge on any atom is -0.0175 e. The van der Waals surface area contributed by atoms with Gasteiger partial charge >= 0.3 is 0 Å². The first kappa shape index (κ1) is 10.6. The topological polar surface area (TPSA) is 0 Å². The lowest BCUT2D eigenvalue weighted by atomic mass is 10.00. The van der Waals surface area contributed by atoms with E-state index in [4.69, 9.17) is 0 Å². The minimum Gasteiger partial charge on any atom is -0.0912 e. The van der Waals surface area contributed by atoms with Crippen LogP contribution in [0.5, 0.6) is 0 Å². The first-order valence-electron chi connectivity index (χ1n) is 4.82. The van der Waals surface area contributed by atoms with Gasteiger partial charge < -0.3 is 0 Å². The molecule has 1 heterocycles. The molecule has 0 radical (unpaired) electrons. The molecular formula is C12H19P. The van der Waals surface area contributed by atoms with Crippen LogP contribution >= 0.6 is 7.55 Å². The van der Waals surface area contributed by atoms with Crippen molar-refractivity contribution < 1.29 is 0 Å². The summed E-state index contributed by atoms with van der Waals surface area (Å²) < 4.78 is 0. The van der Waals surface area contributed by atoms with Crippen molar-refractivity contribution in [3.63, 3.8) is 0 Å². The highest BCUT2D eigenvalue weighted by Gasteiger charge is 2.17. The monoisotopic (exact) mass is 194 g/mol. The zero-order chi connectivity index (χ0) is 10.0. The Morgan fingerprint density at radius 2 is 2.15 bits per heavy atom. The maximum absolute atomic E-state index is 4.06. The van der Waals surface area contributed by atoms with Crippen LogP contribution in [0.1, 0.15) is 20.8 Å². The molecule has 1 rings (SSSR count). The minimum atomic E-state index is -0.342. The molecule has 0 aromatic carbocycles. The quantitative estimate of drug-likeness (QED) is 0.588. The summed E-state index contributed by atoms with van der Waals surface area (Å²) in [7, 11) is -0.342. The van der Waals surface area contributed by atoms with Gasteiger partial charge in [0.25, 0.3) is 0 Å². The van der Waals surface area contributed by atoms with Crippen LogP contribution in [0.15, 0.2) is 35.2 Å². The van der Waals surface area contributed by atoms with Crippen molar-refractivity contribution in [3.8, 4) is 0 Å². The summed E-state index contributed by atoms with van der Waals surface area (Å²) in [5.41, 5.74) is 2.75. The van der Waals surface area contributed by atoms with Gasteiger partial charge in [-0.2, -0.15) is 0 Å². The highest BCUT2D eigenvalue weighted by molar-refractivity contribution is 7.64. The molecule has 0 aromatic heterocycles. The molecule has 13 heavy (non-hydrogen) atoms. The minimum absolute atomic E-state index is 0.342. The fourth-order valence-electron chi connectivity index (χ4n) is 1.74. The standard InChI is InChI=1S/C12H19P/c1-6-7-11(9(2)3)12-10(4)8-13(12)5/h6-9,13H,4H2,1-3,5H3/b7-6-,12-11-. The van der Waals surface area contributed by atoms with E-state index in [0.717, 1.165) is 0 Å². The molecule has 0 saturated carbocycles. The summed E-state index contributed by atoms with van der Waals surface area (Å²) in [6, 6.07) is 0. The lowest BCUT2D eigenvalue weighted by Crippen LogP contribution is -2.04. The van der Waals surface area contributed by atoms with Crippen LogP contribution in [0, 0.1) is 5.92 Å². The Kier molecular flexibility index (Phi) is 3.39. The summed E-state index contributed by atoms with van der Waals surface area (Å²) in [4.78, 5) is 0. The van der Waals surface area contributed by atoms with Gasteiger partial charge in [0.2, 0.25) is 0 Å². The fraction of sp³-hybridized carbons (Fsp3) is 0.417. The van der Waals surface area contributed by atoms with E-state index in [0.29, 0.717) is 5.92 Å². The van der Waals surface area contributed by atoms with Gasteiger partial charge in [-0.1, -0.05) is 45.9 Å². The van der Waals surface area contributed by atoms with E-state index in [1.54, 1.807) is 5.31 Å². The number of allylic oxidation sites excluding steroid dienone is 5. The van der Waals surface area contributed by atoms with Gasteiger partial charge in [0, 0.05) is 0 Å². The number of rotatable bonds is 2. The molecule has 72 valence electrons. The van der Waals surface area contributed by atoms with E-state index in [1.165, 1.54) is 11.1 Å². The molecule has 1 aliphatic heterocycles. The van der Waals surface area contributed by atoms with Crippen LogP contribution in [0.4, 0.5) is 0 Å². The second-order valence-electron chi connectivity index (χ2n) is 3.84. The van der Waals surface area contributed by atoms with Gasteiger partial charge in [0.1, 0.15) is 0 Å². The fourth-order valence-corrected chi connectivity index (χ4v) is 3.73. The Labute approximate surface area is 82.4 Å². The van der Waals surface area contributed by atoms with Crippen LogP contribution in [0.3, 0.4) is 0 Å². The molecule has 0 nitrogen and oxygen atoms in total. The van der Waals surface area contributed by atoms with Crippen molar-refractivity contribution in [2.45, 2.75) is 20.8 Å². The predicted octanol–water partition coefficient (Wildman–Crippen LogP) is 3.69. The van der Waals surface area contributed by atoms with Crippen LogP contribution in [0.2, 0.25) is 0 Å². The van der Waals surface area contributed by atoms with Gasteiger partial charge in [-0.15, -0.1) is 0 Å². The normalized spacial score (nSPS) is 26.2. The third kappa shape index (κ3) is 2.06. The molecule has 0 aliphatic carbocycles. The van der Waals surface area contributed by atoms with E-state index in [9.17, 15) is 0 Å². The number of hydrogen-bond donors (Lipinski definition) is 0. The van der Waals surface area contributed by atoms with Crippen LogP contribution in [0.25, 0.3) is 0 Å². The molecule has 1 heteroatoms. The molecule has 0 bridgehead atoms. The number of hydrogen-bond acceptors (Lipinski definition) is 0. The van der Waals surface area contributed by atoms with E-state index < -0.39 is 0 Å². The summed E-state index contributed by atoms with van der Waals surface area (Å²) in [5, 5.41) is 1.55. The Hall–Kier alpha value is -0.480. The van der Waals surface area contributed by atoms with Gasteiger partial charge in [-0.05, 0) is 36.0 Å². The van der Waals surface area contributed by atoms with E-state index >= 15 is 0 Å². The van der Waals surface area contributed by atoms with E-state index in [2.05, 4.69) is 52.0 Å². The van der Waals surface area contributed by atoms with Crippen molar-refractivity contribution in [1.82, 2.24) is 0 Å². The summed E-state index contributed by atoms with van der Waals surface area (Å²) in [6.45, 7) is 13.0. The Morgan fingerprint density at radius 1 is 1.54 bits per heavy atom. The van der Waals surface area contributed by atoms with Crippen LogP contribution in [-0.2, 0) is 0 Å². The molecule has 0 N–H and O–H groups in total. The summed E-state index contributed by atoms with van der Waals surface area (Å²) >= 11 is 0. The smallest absolute Gasteiger partial charge is 0.0175 e. The molecular weight excluding hydrogens is 175 g/mol. The summed E-state index contributed by atoms with van der Waals surface area (Å²) in [6.07, 6.45) is 4.37. The van der Waals surface area contributed by atoms with Crippen LogP contribution < -0.4 is 0 Å².